The number of hydrogen-bond acceptors (Lipinski definition) is 2. The Kier molecular flexibility index (Phi) is 3.82. The molecular formula is C8H18ClNO. The molecular weight excluding hydrogens is 162 g/mol. The van der Waals surface area contributed by atoms with Gasteiger partial charge in [-0.1, -0.05) is 13.8 Å². The van der Waals surface area contributed by atoms with Gasteiger partial charge in [0.1, 0.15) is 0 Å². The first-order valence-electron chi connectivity index (χ1n) is 3.96. The number of aliphatic hydroxyl groups excluding tert-OH is 1. The average Bonchev–Trinajstić information content (AvgIpc) is 1.81. The van der Waals surface area contributed by atoms with E-state index in [2.05, 4.69) is 13.8 Å². The molecule has 0 unspecified atom stereocenters. The molecule has 0 aliphatic heterocycles. The minimum Gasteiger partial charge on any atom is -0.393 e. The van der Waals surface area contributed by atoms with Crippen LogP contribution in [0.3, 0.4) is 0 Å². The van der Waals surface area contributed by atoms with E-state index in [0.717, 1.165) is 19.3 Å². The summed E-state index contributed by atoms with van der Waals surface area (Å²) < 4.78 is 0. The van der Waals surface area contributed by atoms with Gasteiger partial charge in [0.2, 0.25) is 0 Å². The van der Waals surface area contributed by atoms with E-state index in [1.165, 1.54) is 0 Å². The van der Waals surface area contributed by atoms with E-state index in [1.807, 2.05) is 0 Å². The summed E-state index contributed by atoms with van der Waals surface area (Å²) in [5.74, 6) is 0. The van der Waals surface area contributed by atoms with Crippen molar-refractivity contribution in [3.63, 3.8) is 0 Å². The van der Waals surface area contributed by atoms with Gasteiger partial charge in [0.05, 0.1) is 6.10 Å². The highest BCUT2D eigenvalue weighted by molar-refractivity contribution is 5.85. The molecule has 1 saturated carbocycles. The Morgan fingerprint density at radius 3 is 2.36 bits per heavy atom. The summed E-state index contributed by atoms with van der Waals surface area (Å²) in [6.45, 7) is 4.20. The Hall–Kier alpha value is 0.210. The first kappa shape index (κ1) is 11.2. The van der Waals surface area contributed by atoms with Crippen molar-refractivity contribution in [3.05, 3.63) is 0 Å². The van der Waals surface area contributed by atoms with E-state index < -0.39 is 0 Å². The molecule has 0 aromatic heterocycles. The van der Waals surface area contributed by atoms with E-state index in [9.17, 15) is 5.11 Å². The molecule has 11 heavy (non-hydrogen) atoms. The molecule has 1 aliphatic carbocycles. The molecule has 3 heteroatoms. The molecule has 1 fully saturated rings. The van der Waals surface area contributed by atoms with Gasteiger partial charge < -0.3 is 10.8 Å². The van der Waals surface area contributed by atoms with Gasteiger partial charge in [-0.2, -0.15) is 0 Å². The van der Waals surface area contributed by atoms with Crippen LogP contribution >= 0.6 is 12.4 Å². The van der Waals surface area contributed by atoms with Gasteiger partial charge in [0.15, 0.2) is 0 Å². The summed E-state index contributed by atoms with van der Waals surface area (Å²) in [6.07, 6.45) is 2.68. The van der Waals surface area contributed by atoms with E-state index in [1.54, 1.807) is 0 Å². The highest BCUT2D eigenvalue weighted by Gasteiger charge is 2.33. The lowest BCUT2D eigenvalue weighted by molar-refractivity contribution is 0.00652. The molecule has 0 heterocycles. The van der Waals surface area contributed by atoms with Crippen molar-refractivity contribution in [1.82, 2.24) is 0 Å². The molecule has 2 atom stereocenters. The maximum atomic E-state index is 9.53. The fraction of sp³-hybridized carbons (Fsp3) is 1.00. The van der Waals surface area contributed by atoms with Gasteiger partial charge in [0.25, 0.3) is 0 Å². The molecule has 2 nitrogen and oxygen atoms in total. The van der Waals surface area contributed by atoms with Gasteiger partial charge in [-0.15, -0.1) is 12.4 Å². The minimum atomic E-state index is -0.198. The zero-order chi connectivity index (χ0) is 7.78. The predicted octanol–water partition coefficient (Wildman–Crippen LogP) is 1.31. The second-order valence-electron chi connectivity index (χ2n) is 4.04. The Morgan fingerprint density at radius 1 is 1.45 bits per heavy atom. The van der Waals surface area contributed by atoms with Crippen LogP contribution in [0.15, 0.2) is 0 Å². The number of nitrogens with two attached hydrogens (primary N) is 1. The Balaban J connectivity index is 0.000001000. The van der Waals surface area contributed by atoms with Crippen LogP contribution in [0.4, 0.5) is 0 Å². The van der Waals surface area contributed by atoms with E-state index in [4.69, 9.17) is 5.73 Å². The summed E-state index contributed by atoms with van der Waals surface area (Å²) in [4.78, 5) is 0. The third-order valence-electron chi connectivity index (χ3n) is 2.59. The molecule has 0 spiro atoms. The van der Waals surface area contributed by atoms with Crippen molar-refractivity contribution >= 4 is 12.4 Å². The predicted molar refractivity (Wildman–Crippen MR) is 48.9 cm³/mol. The van der Waals surface area contributed by atoms with Gasteiger partial charge in [-0.05, 0) is 24.7 Å². The van der Waals surface area contributed by atoms with Crippen LogP contribution in [0, 0.1) is 5.41 Å². The normalized spacial score (nSPS) is 36.0. The smallest absolute Gasteiger partial charge is 0.0605 e. The van der Waals surface area contributed by atoms with E-state index in [0.29, 0.717) is 0 Å². The molecule has 0 aromatic rings. The number of halogens is 1. The molecule has 0 amide bonds. The number of hydrogen-bond donors (Lipinski definition) is 2. The van der Waals surface area contributed by atoms with Crippen LogP contribution in [-0.4, -0.2) is 17.3 Å². The summed E-state index contributed by atoms with van der Waals surface area (Å²) in [5, 5.41) is 9.53. The van der Waals surface area contributed by atoms with Crippen LogP contribution < -0.4 is 5.73 Å². The first-order chi connectivity index (χ1) is 4.52. The molecule has 0 bridgehead atoms. The lowest BCUT2D eigenvalue weighted by Crippen LogP contribution is -2.41. The first-order valence-corrected chi connectivity index (χ1v) is 3.96. The monoisotopic (exact) mass is 179 g/mol. The van der Waals surface area contributed by atoms with Crippen LogP contribution in [-0.2, 0) is 0 Å². The second kappa shape index (κ2) is 3.74. The quantitative estimate of drug-likeness (QED) is 0.589. The third kappa shape index (κ3) is 2.62. The van der Waals surface area contributed by atoms with Crippen LogP contribution in [0.1, 0.15) is 33.1 Å². The summed E-state index contributed by atoms with van der Waals surface area (Å²) in [7, 11) is 0. The summed E-state index contributed by atoms with van der Waals surface area (Å²) >= 11 is 0. The second-order valence-corrected chi connectivity index (χ2v) is 4.04. The topological polar surface area (TPSA) is 46.2 Å². The Labute approximate surface area is 74.6 Å². The molecule has 3 N–H and O–H groups in total. The fourth-order valence-electron chi connectivity index (χ4n) is 1.45. The van der Waals surface area contributed by atoms with Gasteiger partial charge in [-0.25, -0.2) is 0 Å². The van der Waals surface area contributed by atoms with Gasteiger partial charge >= 0.3 is 0 Å². The molecule has 68 valence electrons. The van der Waals surface area contributed by atoms with E-state index in [-0.39, 0.29) is 30.0 Å². The largest absolute Gasteiger partial charge is 0.393 e. The van der Waals surface area contributed by atoms with Crippen molar-refractivity contribution in [2.45, 2.75) is 45.3 Å². The maximum Gasteiger partial charge on any atom is 0.0605 e. The zero-order valence-corrected chi connectivity index (χ0v) is 8.03. The number of rotatable bonds is 0. The van der Waals surface area contributed by atoms with Crippen molar-refractivity contribution in [1.29, 1.82) is 0 Å². The average molecular weight is 180 g/mol. The third-order valence-corrected chi connectivity index (χ3v) is 2.59. The standard InChI is InChI=1S/C8H17NO.ClH/c1-8(2)4-3-6(9)5-7(8)10;/h6-7,10H,3-5,9H2,1-2H3;1H/t6-,7-;/m0./s1. The van der Waals surface area contributed by atoms with E-state index >= 15 is 0 Å². The van der Waals surface area contributed by atoms with Crippen molar-refractivity contribution in [2.75, 3.05) is 0 Å². The molecule has 1 rings (SSSR count). The van der Waals surface area contributed by atoms with Gasteiger partial charge in [-0.3, -0.25) is 0 Å². The lowest BCUT2D eigenvalue weighted by atomic mass is 9.73. The van der Waals surface area contributed by atoms with Crippen LogP contribution in [0.25, 0.3) is 0 Å². The molecule has 1 aliphatic rings. The highest BCUT2D eigenvalue weighted by Crippen LogP contribution is 2.34. The summed E-state index contributed by atoms with van der Waals surface area (Å²) in [5.41, 5.74) is 5.78. The van der Waals surface area contributed by atoms with Crippen LogP contribution in [0.5, 0.6) is 0 Å². The SMILES string of the molecule is CC1(C)CC[C@H](N)C[C@@H]1O.Cl. The summed E-state index contributed by atoms with van der Waals surface area (Å²) in [6, 6.07) is 0.225. The highest BCUT2D eigenvalue weighted by atomic mass is 35.5. The Morgan fingerprint density at radius 2 is 2.00 bits per heavy atom. The molecule has 0 aromatic carbocycles. The van der Waals surface area contributed by atoms with Crippen molar-refractivity contribution in [3.8, 4) is 0 Å². The Bertz CT molecular complexity index is 127. The van der Waals surface area contributed by atoms with Crippen LogP contribution in [0.2, 0.25) is 0 Å². The van der Waals surface area contributed by atoms with Crippen molar-refractivity contribution in [2.24, 2.45) is 11.1 Å². The zero-order valence-electron chi connectivity index (χ0n) is 7.21. The molecule has 0 saturated heterocycles. The fourth-order valence-corrected chi connectivity index (χ4v) is 1.45. The molecule has 0 radical (unpaired) electrons. The maximum absolute atomic E-state index is 9.53. The minimum absolute atomic E-state index is 0. The van der Waals surface area contributed by atoms with Crippen molar-refractivity contribution < 1.29 is 5.11 Å². The number of aliphatic hydroxyl groups is 1. The lowest BCUT2D eigenvalue weighted by Gasteiger charge is -2.37. The van der Waals surface area contributed by atoms with Gasteiger partial charge in [0, 0.05) is 6.04 Å².